The lowest BCUT2D eigenvalue weighted by atomic mass is 9.94. The van der Waals surface area contributed by atoms with Crippen LogP contribution in [0.1, 0.15) is 11.1 Å². The summed E-state index contributed by atoms with van der Waals surface area (Å²) in [5.74, 6) is 0.329. The lowest BCUT2D eigenvalue weighted by Gasteiger charge is -2.45. The molecule has 1 fully saturated rings. The number of hydrogen-bond donors (Lipinski definition) is 2. The Morgan fingerprint density at radius 3 is 2.16 bits per heavy atom. The average Bonchev–Trinajstić information content (AvgIpc) is 2.65. The molecule has 134 valence electrons. The van der Waals surface area contributed by atoms with Crippen molar-refractivity contribution in [1.82, 2.24) is 4.90 Å². The van der Waals surface area contributed by atoms with E-state index in [9.17, 15) is 10.2 Å². The van der Waals surface area contributed by atoms with Gasteiger partial charge in [0.05, 0.1) is 18.8 Å². The second kappa shape index (κ2) is 8.79. The van der Waals surface area contributed by atoms with Gasteiger partial charge in [0.15, 0.2) is 0 Å². The highest BCUT2D eigenvalue weighted by molar-refractivity contribution is 6.18. The number of hydrogen-bond acceptors (Lipinski definition) is 4. The molecule has 0 amide bonds. The van der Waals surface area contributed by atoms with Gasteiger partial charge in [0.25, 0.3) is 0 Å². The molecular formula is C20H24ClNO3. The van der Waals surface area contributed by atoms with E-state index in [1.807, 2.05) is 60.7 Å². The Labute approximate surface area is 153 Å². The number of aliphatic hydroxyl groups excluding tert-OH is 2. The maximum absolute atomic E-state index is 10.4. The summed E-state index contributed by atoms with van der Waals surface area (Å²) in [4.78, 5) is 2.09. The van der Waals surface area contributed by atoms with Crippen LogP contribution in [-0.4, -0.2) is 51.9 Å². The van der Waals surface area contributed by atoms with E-state index in [-0.39, 0.29) is 6.04 Å². The molecule has 3 rings (SSSR count). The Kier molecular flexibility index (Phi) is 6.45. The predicted octanol–water partition coefficient (Wildman–Crippen LogP) is 2.42. The van der Waals surface area contributed by atoms with Gasteiger partial charge in [-0.05, 0) is 11.1 Å². The molecule has 4 nitrogen and oxygen atoms in total. The minimum atomic E-state index is -0.945. The molecule has 2 aromatic rings. The van der Waals surface area contributed by atoms with Crippen LogP contribution in [-0.2, 0) is 17.9 Å². The van der Waals surface area contributed by atoms with E-state index in [1.54, 1.807) is 0 Å². The fraction of sp³-hybridized carbons (Fsp3) is 0.400. The van der Waals surface area contributed by atoms with E-state index in [0.717, 1.165) is 11.1 Å². The number of benzene rings is 2. The van der Waals surface area contributed by atoms with Crippen molar-refractivity contribution in [2.45, 2.75) is 37.5 Å². The fourth-order valence-electron chi connectivity index (χ4n) is 3.30. The minimum Gasteiger partial charge on any atom is -0.389 e. The third kappa shape index (κ3) is 4.60. The van der Waals surface area contributed by atoms with Crippen LogP contribution in [0.2, 0.25) is 0 Å². The molecule has 4 atom stereocenters. The Balaban J connectivity index is 1.72. The zero-order valence-electron chi connectivity index (χ0n) is 14.0. The van der Waals surface area contributed by atoms with Crippen molar-refractivity contribution in [1.29, 1.82) is 0 Å². The van der Waals surface area contributed by atoms with Gasteiger partial charge < -0.3 is 14.9 Å². The maximum Gasteiger partial charge on any atom is 0.109 e. The third-order valence-corrected chi connectivity index (χ3v) is 4.99. The van der Waals surface area contributed by atoms with Crippen molar-refractivity contribution < 1.29 is 14.9 Å². The lowest BCUT2D eigenvalue weighted by Crippen LogP contribution is -2.62. The molecule has 0 spiro atoms. The number of rotatable bonds is 6. The highest BCUT2D eigenvalue weighted by Gasteiger charge is 2.42. The smallest absolute Gasteiger partial charge is 0.109 e. The van der Waals surface area contributed by atoms with Gasteiger partial charge in [-0.15, -0.1) is 11.6 Å². The average molecular weight is 362 g/mol. The Morgan fingerprint density at radius 1 is 0.960 bits per heavy atom. The number of β-amino-alcohol motifs (C(OH)–C–C–N with tert-alkyl or cyclic N) is 1. The first-order chi connectivity index (χ1) is 12.2. The van der Waals surface area contributed by atoms with Gasteiger partial charge in [-0.25, -0.2) is 0 Å². The van der Waals surface area contributed by atoms with Crippen molar-refractivity contribution in [2.75, 3.05) is 12.4 Å². The summed E-state index contributed by atoms with van der Waals surface area (Å²) in [5.41, 5.74) is 2.17. The summed E-state index contributed by atoms with van der Waals surface area (Å²) in [6.07, 6.45) is -2.34. The molecule has 1 aliphatic rings. The molecule has 25 heavy (non-hydrogen) atoms. The highest BCUT2D eigenvalue weighted by Crippen LogP contribution is 2.25. The van der Waals surface area contributed by atoms with Crippen LogP contribution in [0.15, 0.2) is 60.7 Å². The number of piperidine rings is 1. The summed E-state index contributed by atoms with van der Waals surface area (Å²) in [7, 11) is 0. The van der Waals surface area contributed by atoms with Crippen LogP contribution in [0, 0.1) is 0 Å². The summed E-state index contributed by atoms with van der Waals surface area (Å²) in [6.45, 7) is 1.41. The molecule has 0 unspecified atom stereocenters. The minimum absolute atomic E-state index is 0.163. The van der Waals surface area contributed by atoms with Crippen LogP contribution in [0.25, 0.3) is 0 Å². The monoisotopic (exact) mass is 361 g/mol. The van der Waals surface area contributed by atoms with Gasteiger partial charge >= 0.3 is 0 Å². The fourth-order valence-corrected chi connectivity index (χ4v) is 3.67. The topological polar surface area (TPSA) is 52.9 Å². The molecular weight excluding hydrogens is 338 g/mol. The zero-order chi connectivity index (χ0) is 17.6. The number of halogens is 1. The molecule has 0 radical (unpaired) electrons. The maximum atomic E-state index is 10.4. The van der Waals surface area contributed by atoms with Crippen molar-refractivity contribution in [2.24, 2.45) is 0 Å². The van der Waals surface area contributed by atoms with Crippen LogP contribution in [0.4, 0.5) is 0 Å². The van der Waals surface area contributed by atoms with E-state index in [0.29, 0.717) is 25.6 Å². The summed E-state index contributed by atoms with van der Waals surface area (Å²) < 4.78 is 5.99. The van der Waals surface area contributed by atoms with Crippen molar-refractivity contribution in [3.63, 3.8) is 0 Å². The molecule has 2 N–H and O–H groups in total. The second-order valence-electron chi connectivity index (χ2n) is 6.46. The molecule has 0 aliphatic carbocycles. The molecule has 5 heteroatoms. The molecule has 1 aliphatic heterocycles. The Hall–Kier alpha value is -1.43. The predicted molar refractivity (Wildman–Crippen MR) is 98.4 cm³/mol. The third-order valence-electron chi connectivity index (χ3n) is 4.67. The molecule has 1 heterocycles. The van der Waals surface area contributed by atoms with Crippen LogP contribution in [0.5, 0.6) is 0 Å². The number of aliphatic hydroxyl groups is 2. The molecule has 1 saturated heterocycles. The largest absolute Gasteiger partial charge is 0.389 e. The Morgan fingerprint density at radius 2 is 1.56 bits per heavy atom. The standard InChI is InChI=1S/C20H24ClNO3/c21-11-17-20(25-14-16-9-5-2-6-10-16)19(24)18(23)13-22(17)12-15-7-3-1-4-8-15/h1-10,17-20,23-24H,11-14H2/t17-,18+,19-,20-/m0/s1. The normalized spacial score (nSPS) is 27.3. The van der Waals surface area contributed by atoms with Crippen LogP contribution in [0.3, 0.4) is 0 Å². The van der Waals surface area contributed by atoms with Gasteiger partial charge in [-0.3, -0.25) is 4.90 Å². The quantitative estimate of drug-likeness (QED) is 0.776. The summed E-state index contributed by atoms with van der Waals surface area (Å²) >= 11 is 6.22. The number of nitrogens with zero attached hydrogens (tertiary/aromatic N) is 1. The summed E-state index contributed by atoms with van der Waals surface area (Å²) in [6, 6.07) is 19.7. The molecule has 0 saturated carbocycles. The van der Waals surface area contributed by atoms with E-state index in [2.05, 4.69) is 4.90 Å². The highest BCUT2D eigenvalue weighted by atomic mass is 35.5. The molecule has 2 aromatic carbocycles. The zero-order valence-corrected chi connectivity index (χ0v) is 14.8. The second-order valence-corrected chi connectivity index (χ2v) is 6.76. The van der Waals surface area contributed by atoms with Crippen LogP contribution >= 0.6 is 11.6 Å². The van der Waals surface area contributed by atoms with E-state index in [1.165, 1.54) is 0 Å². The SMILES string of the molecule is O[C@@H]1[C@@H](OCc2ccccc2)[C@H](CCl)N(Cc2ccccc2)C[C@H]1O. The lowest BCUT2D eigenvalue weighted by molar-refractivity contribution is -0.161. The molecule has 0 aromatic heterocycles. The summed E-state index contributed by atoms with van der Waals surface area (Å²) in [5, 5.41) is 20.7. The number of alkyl halides is 1. The van der Waals surface area contributed by atoms with Crippen LogP contribution < -0.4 is 0 Å². The van der Waals surface area contributed by atoms with E-state index in [4.69, 9.17) is 16.3 Å². The Bertz CT molecular complexity index is 640. The van der Waals surface area contributed by atoms with E-state index >= 15 is 0 Å². The van der Waals surface area contributed by atoms with Gasteiger partial charge in [0.2, 0.25) is 0 Å². The van der Waals surface area contributed by atoms with Crippen molar-refractivity contribution >= 4 is 11.6 Å². The van der Waals surface area contributed by atoms with Crippen molar-refractivity contribution in [3.8, 4) is 0 Å². The van der Waals surface area contributed by atoms with Gasteiger partial charge in [0.1, 0.15) is 12.2 Å². The number of likely N-dealkylation sites (tertiary alicyclic amines) is 1. The van der Waals surface area contributed by atoms with Gasteiger partial charge in [-0.2, -0.15) is 0 Å². The molecule has 0 bridgehead atoms. The van der Waals surface area contributed by atoms with E-state index < -0.39 is 18.3 Å². The van der Waals surface area contributed by atoms with Gasteiger partial charge in [0, 0.05) is 19.0 Å². The van der Waals surface area contributed by atoms with Gasteiger partial charge in [-0.1, -0.05) is 60.7 Å². The first-order valence-electron chi connectivity index (χ1n) is 8.54. The first-order valence-corrected chi connectivity index (χ1v) is 9.08. The first kappa shape index (κ1) is 18.4. The van der Waals surface area contributed by atoms with Crippen molar-refractivity contribution in [3.05, 3.63) is 71.8 Å². The number of ether oxygens (including phenoxy) is 1.